The Morgan fingerprint density at radius 2 is 2.21 bits per heavy atom. The molecule has 1 aromatic carbocycles. The van der Waals surface area contributed by atoms with Crippen molar-refractivity contribution in [1.82, 2.24) is 5.32 Å². The molecule has 0 aromatic heterocycles. The predicted octanol–water partition coefficient (Wildman–Crippen LogP) is 0.956. The second-order valence-electron chi connectivity index (χ2n) is 2.68. The Morgan fingerprint density at radius 3 is 2.86 bits per heavy atom. The molecule has 0 amide bonds. The molecule has 0 fully saturated rings. The molecule has 0 aliphatic rings. The van der Waals surface area contributed by atoms with Gasteiger partial charge in [0.1, 0.15) is 0 Å². The van der Waals surface area contributed by atoms with E-state index >= 15 is 0 Å². The van der Waals surface area contributed by atoms with Gasteiger partial charge in [0.25, 0.3) is 0 Å². The van der Waals surface area contributed by atoms with Crippen molar-refractivity contribution >= 4 is 5.97 Å². The number of benzene rings is 1. The maximum atomic E-state index is 10.8. The van der Waals surface area contributed by atoms with Crippen LogP contribution in [0.1, 0.15) is 15.9 Å². The van der Waals surface area contributed by atoms with Gasteiger partial charge in [-0.15, -0.1) is 0 Å². The standard InChI is InChI=1S/C11H11NO2/c1-12-8-4-6-9-5-2-3-7-10(9)11(13)14/h2-3,5,7,12H,8H2,1H3,(H,13,14). The highest BCUT2D eigenvalue weighted by Crippen LogP contribution is 2.06. The maximum absolute atomic E-state index is 10.8. The number of carbonyl (C=O) groups is 1. The first-order valence-corrected chi connectivity index (χ1v) is 4.21. The molecule has 1 rings (SSSR count). The van der Waals surface area contributed by atoms with Crippen molar-refractivity contribution in [3.05, 3.63) is 35.4 Å². The SMILES string of the molecule is CNCC#Cc1ccccc1C(=O)O. The molecule has 1 aromatic rings. The fourth-order valence-electron chi connectivity index (χ4n) is 1.01. The molecule has 0 aliphatic heterocycles. The van der Waals surface area contributed by atoms with E-state index in [0.717, 1.165) is 0 Å². The van der Waals surface area contributed by atoms with E-state index in [-0.39, 0.29) is 5.56 Å². The van der Waals surface area contributed by atoms with Gasteiger partial charge in [-0.2, -0.15) is 0 Å². The van der Waals surface area contributed by atoms with Crippen molar-refractivity contribution in [2.24, 2.45) is 0 Å². The highest BCUT2D eigenvalue weighted by molar-refractivity contribution is 5.90. The summed E-state index contributed by atoms with van der Waals surface area (Å²) in [6.45, 7) is 0.550. The molecule has 0 spiro atoms. The van der Waals surface area contributed by atoms with Crippen molar-refractivity contribution in [3.8, 4) is 11.8 Å². The Bertz CT molecular complexity index is 388. The minimum absolute atomic E-state index is 0.246. The summed E-state index contributed by atoms with van der Waals surface area (Å²) in [7, 11) is 1.79. The van der Waals surface area contributed by atoms with Crippen LogP contribution in [0.3, 0.4) is 0 Å². The molecule has 72 valence electrons. The van der Waals surface area contributed by atoms with Crippen LogP contribution < -0.4 is 5.32 Å². The zero-order valence-electron chi connectivity index (χ0n) is 7.87. The van der Waals surface area contributed by atoms with Crippen molar-refractivity contribution < 1.29 is 9.90 Å². The summed E-state index contributed by atoms with van der Waals surface area (Å²) in [6.07, 6.45) is 0. The van der Waals surface area contributed by atoms with E-state index in [9.17, 15) is 4.79 Å². The predicted molar refractivity (Wildman–Crippen MR) is 54.2 cm³/mol. The van der Waals surface area contributed by atoms with Crippen LogP contribution in [-0.2, 0) is 0 Å². The molecule has 2 N–H and O–H groups in total. The molecule has 0 radical (unpaired) electrons. The lowest BCUT2D eigenvalue weighted by molar-refractivity contribution is 0.0696. The van der Waals surface area contributed by atoms with Gasteiger partial charge in [0.15, 0.2) is 0 Å². The summed E-state index contributed by atoms with van der Waals surface area (Å²) >= 11 is 0. The van der Waals surface area contributed by atoms with E-state index in [4.69, 9.17) is 5.11 Å². The Kier molecular flexibility index (Phi) is 3.71. The molecule has 0 bridgehead atoms. The van der Waals surface area contributed by atoms with Gasteiger partial charge < -0.3 is 10.4 Å². The lowest BCUT2D eigenvalue weighted by atomic mass is 10.1. The van der Waals surface area contributed by atoms with Crippen LogP contribution in [0.25, 0.3) is 0 Å². The zero-order valence-corrected chi connectivity index (χ0v) is 7.87. The molecule has 3 nitrogen and oxygen atoms in total. The summed E-state index contributed by atoms with van der Waals surface area (Å²) in [4.78, 5) is 10.8. The third-order valence-electron chi connectivity index (χ3n) is 1.65. The third kappa shape index (κ3) is 2.61. The molecule has 0 saturated carbocycles. The first-order chi connectivity index (χ1) is 6.75. The number of aromatic carboxylic acids is 1. The Labute approximate surface area is 82.8 Å². The fraction of sp³-hybridized carbons (Fsp3) is 0.182. The zero-order chi connectivity index (χ0) is 10.4. The smallest absolute Gasteiger partial charge is 0.336 e. The second kappa shape index (κ2) is 5.05. The minimum Gasteiger partial charge on any atom is -0.478 e. The van der Waals surface area contributed by atoms with Gasteiger partial charge in [0.05, 0.1) is 12.1 Å². The third-order valence-corrected chi connectivity index (χ3v) is 1.65. The molecular weight excluding hydrogens is 178 g/mol. The number of hydrogen-bond acceptors (Lipinski definition) is 2. The normalized spacial score (nSPS) is 8.93. The molecule has 3 heteroatoms. The topological polar surface area (TPSA) is 49.3 Å². The van der Waals surface area contributed by atoms with Crippen molar-refractivity contribution in [1.29, 1.82) is 0 Å². The van der Waals surface area contributed by atoms with Gasteiger partial charge in [-0.3, -0.25) is 0 Å². The second-order valence-corrected chi connectivity index (χ2v) is 2.68. The first-order valence-electron chi connectivity index (χ1n) is 4.21. The molecule has 0 heterocycles. The first kappa shape index (κ1) is 10.3. The summed E-state index contributed by atoms with van der Waals surface area (Å²) in [5, 5.41) is 11.7. The lowest BCUT2D eigenvalue weighted by Gasteiger charge is -1.96. The van der Waals surface area contributed by atoms with Gasteiger partial charge in [-0.05, 0) is 19.2 Å². The van der Waals surface area contributed by atoms with E-state index in [1.807, 2.05) is 0 Å². The Balaban J connectivity index is 2.97. The van der Waals surface area contributed by atoms with Gasteiger partial charge >= 0.3 is 5.97 Å². The molecule has 0 atom stereocenters. The van der Waals surface area contributed by atoms with Gasteiger partial charge in [-0.25, -0.2) is 4.79 Å². The van der Waals surface area contributed by atoms with E-state index in [1.165, 1.54) is 0 Å². The maximum Gasteiger partial charge on any atom is 0.336 e. The van der Waals surface area contributed by atoms with E-state index < -0.39 is 5.97 Å². The largest absolute Gasteiger partial charge is 0.478 e. The molecule has 0 unspecified atom stereocenters. The monoisotopic (exact) mass is 189 g/mol. The number of nitrogens with one attached hydrogen (secondary N) is 1. The van der Waals surface area contributed by atoms with E-state index in [0.29, 0.717) is 12.1 Å². The molecule has 0 saturated heterocycles. The van der Waals surface area contributed by atoms with Gasteiger partial charge in [0, 0.05) is 5.56 Å². The van der Waals surface area contributed by atoms with Crippen LogP contribution in [-0.4, -0.2) is 24.7 Å². The van der Waals surface area contributed by atoms with Crippen molar-refractivity contribution in [3.63, 3.8) is 0 Å². The van der Waals surface area contributed by atoms with Crippen LogP contribution in [0.2, 0.25) is 0 Å². The number of hydrogen-bond donors (Lipinski definition) is 2. The Hall–Kier alpha value is -1.79. The molecule has 14 heavy (non-hydrogen) atoms. The van der Waals surface area contributed by atoms with Crippen LogP contribution >= 0.6 is 0 Å². The van der Waals surface area contributed by atoms with Crippen LogP contribution in [0.5, 0.6) is 0 Å². The lowest BCUT2D eigenvalue weighted by Crippen LogP contribution is -2.05. The average molecular weight is 189 g/mol. The minimum atomic E-state index is -0.945. The highest BCUT2D eigenvalue weighted by atomic mass is 16.4. The van der Waals surface area contributed by atoms with Crippen LogP contribution in [0, 0.1) is 11.8 Å². The van der Waals surface area contributed by atoms with Gasteiger partial charge in [0.2, 0.25) is 0 Å². The van der Waals surface area contributed by atoms with E-state index in [1.54, 1.807) is 31.3 Å². The number of carboxylic acids is 1. The van der Waals surface area contributed by atoms with Crippen molar-refractivity contribution in [2.75, 3.05) is 13.6 Å². The van der Waals surface area contributed by atoms with Crippen LogP contribution in [0.15, 0.2) is 24.3 Å². The highest BCUT2D eigenvalue weighted by Gasteiger charge is 2.05. The van der Waals surface area contributed by atoms with Crippen molar-refractivity contribution in [2.45, 2.75) is 0 Å². The van der Waals surface area contributed by atoms with E-state index in [2.05, 4.69) is 17.2 Å². The number of carboxylic acid groups (broad SMARTS) is 1. The summed E-state index contributed by atoms with van der Waals surface area (Å²) in [6, 6.07) is 6.71. The molecule has 0 aliphatic carbocycles. The average Bonchev–Trinajstić information content (AvgIpc) is 2.19. The fourth-order valence-corrected chi connectivity index (χ4v) is 1.01. The Morgan fingerprint density at radius 1 is 1.50 bits per heavy atom. The summed E-state index contributed by atoms with van der Waals surface area (Å²) in [5.41, 5.74) is 0.798. The summed E-state index contributed by atoms with van der Waals surface area (Å²) < 4.78 is 0. The quantitative estimate of drug-likeness (QED) is 0.681. The number of rotatable bonds is 2. The van der Waals surface area contributed by atoms with Crippen LogP contribution in [0.4, 0.5) is 0 Å². The van der Waals surface area contributed by atoms with Gasteiger partial charge in [-0.1, -0.05) is 24.0 Å². The molecular formula is C11H11NO2. The summed E-state index contributed by atoms with van der Waals surface area (Å²) in [5.74, 6) is 4.68.